The van der Waals surface area contributed by atoms with Crippen molar-refractivity contribution < 1.29 is 14.7 Å². The van der Waals surface area contributed by atoms with E-state index in [1.54, 1.807) is 12.3 Å². The van der Waals surface area contributed by atoms with Crippen LogP contribution < -0.4 is 10.6 Å². The second kappa shape index (κ2) is 9.82. The van der Waals surface area contributed by atoms with Crippen LogP contribution >= 0.6 is 24.2 Å². The molecule has 0 aliphatic rings. The molecule has 8 heteroatoms. The molecule has 0 bridgehead atoms. The first-order valence-electron chi connectivity index (χ1n) is 9.15. The molecule has 3 rings (SSSR count). The number of halogens is 1. The smallest absolute Gasteiger partial charge is 0.326 e. The number of nitrogens with one attached hydrogen (secondary N) is 3. The number of hydrogen-bond donors (Lipinski definition) is 5. The summed E-state index contributed by atoms with van der Waals surface area (Å²) in [6.07, 6.45) is 1.95. The zero-order valence-corrected chi connectivity index (χ0v) is 17.2. The molecular weight excluding hydrogens is 410 g/mol. The van der Waals surface area contributed by atoms with E-state index in [-0.39, 0.29) is 12.2 Å². The van der Waals surface area contributed by atoms with Gasteiger partial charge in [0.05, 0.1) is 6.04 Å². The van der Waals surface area contributed by atoms with E-state index in [9.17, 15) is 14.7 Å². The summed E-state index contributed by atoms with van der Waals surface area (Å²) >= 11 is 10.4. The van der Waals surface area contributed by atoms with Crippen molar-refractivity contribution in [3.05, 3.63) is 70.9 Å². The van der Waals surface area contributed by atoms with Crippen LogP contribution in [0.15, 0.2) is 54.7 Å². The lowest BCUT2D eigenvalue weighted by atomic mass is 10.0. The maximum atomic E-state index is 12.7. The fraction of sp³-hybridized carbons (Fsp3) is 0.238. The molecule has 6 nitrogen and oxygen atoms in total. The molecule has 2 aromatic carbocycles. The number of carbonyl (C=O) groups is 2. The minimum absolute atomic E-state index is 0.175. The molecule has 0 aliphatic heterocycles. The van der Waals surface area contributed by atoms with E-state index in [1.165, 1.54) is 0 Å². The van der Waals surface area contributed by atoms with Gasteiger partial charge in [0.1, 0.15) is 6.04 Å². The second-order valence-electron chi connectivity index (χ2n) is 6.67. The summed E-state index contributed by atoms with van der Waals surface area (Å²) in [6.45, 7) is 0.374. The number of fused-ring (bicyclic) bond motifs is 1. The zero-order chi connectivity index (χ0) is 20.8. The summed E-state index contributed by atoms with van der Waals surface area (Å²) in [7, 11) is 0. The van der Waals surface area contributed by atoms with Gasteiger partial charge in [-0.15, -0.1) is 0 Å². The average molecular weight is 432 g/mol. The number of H-pyrrole nitrogens is 1. The highest BCUT2D eigenvalue weighted by Crippen LogP contribution is 2.19. The van der Waals surface area contributed by atoms with Gasteiger partial charge in [-0.1, -0.05) is 48.0 Å². The average Bonchev–Trinajstić information content (AvgIpc) is 3.12. The Morgan fingerprint density at radius 3 is 2.52 bits per heavy atom. The number of carboxylic acid groups (broad SMARTS) is 1. The van der Waals surface area contributed by atoms with E-state index < -0.39 is 24.0 Å². The minimum Gasteiger partial charge on any atom is -0.480 e. The van der Waals surface area contributed by atoms with Gasteiger partial charge in [-0.25, -0.2) is 4.79 Å². The number of para-hydroxylation sites is 1. The number of carboxylic acids is 1. The van der Waals surface area contributed by atoms with E-state index in [0.717, 1.165) is 22.0 Å². The van der Waals surface area contributed by atoms with Crippen LogP contribution in [-0.2, 0) is 22.6 Å². The van der Waals surface area contributed by atoms with Crippen molar-refractivity contribution in [1.82, 2.24) is 15.6 Å². The number of rotatable bonds is 9. The molecule has 2 atom stereocenters. The quantitative estimate of drug-likeness (QED) is 0.337. The van der Waals surface area contributed by atoms with Gasteiger partial charge in [0.15, 0.2) is 0 Å². The first-order chi connectivity index (χ1) is 14.0. The molecule has 1 aromatic heterocycles. The van der Waals surface area contributed by atoms with Gasteiger partial charge in [0.25, 0.3) is 0 Å². The van der Waals surface area contributed by atoms with Crippen molar-refractivity contribution >= 4 is 47.0 Å². The van der Waals surface area contributed by atoms with Crippen molar-refractivity contribution in [1.29, 1.82) is 0 Å². The molecule has 3 aromatic rings. The maximum absolute atomic E-state index is 12.7. The maximum Gasteiger partial charge on any atom is 0.326 e. The Morgan fingerprint density at radius 1 is 1.07 bits per heavy atom. The van der Waals surface area contributed by atoms with Crippen molar-refractivity contribution in [2.45, 2.75) is 25.0 Å². The van der Waals surface area contributed by atoms with Crippen molar-refractivity contribution in [3.63, 3.8) is 0 Å². The molecule has 0 spiro atoms. The van der Waals surface area contributed by atoms with E-state index in [4.69, 9.17) is 11.6 Å². The number of aromatic amines is 1. The highest BCUT2D eigenvalue weighted by molar-refractivity contribution is 7.80. The molecule has 0 aliphatic carbocycles. The Labute approximate surface area is 179 Å². The third-order valence-corrected chi connectivity index (χ3v) is 5.44. The summed E-state index contributed by atoms with van der Waals surface area (Å²) in [5.74, 6) is -1.29. The third kappa shape index (κ3) is 5.32. The van der Waals surface area contributed by atoms with E-state index in [1.807, 2.05) is 42.5 Å². The predicted octanol–water partition coefficient (Wildman–Crippen LogP) is 3.02. The fourth-order valence-electron chi connectivity index (χ4n) is 3.11. The van der Waals surface area contributed by atoms with Gasteiger partial charge in [-0.2, -0.15) is 12.6 Å². The lowest BCUT2D eigenvalue weighted by molar-refractivity contribution is -0.142. The van der Waals surface area contributed by atoms with Crippen LogP contribution in [0.5, 0.6) is 0 Å². The summed E-state index contributed by atoms with van der Waals surface area (Å²) in [4.78, 5) is 27.5. The second-order valence-corrected chi connectivity index (χ2v) is 7.44. The van der Waals surface area contributed by atoms with Gasteiger partial charge in [-0.05, 0) is 23.3 Å². The molecule has 1 amide bonds. The van der Waals surface area contributed by atoms with Crippen molar-refractivity contribution in [2.75, 3.05) is 5.75 Å². The zero-order valence-electron chi connectivity index (χ0n) is 15.6. The van der Waals surface area contributed by atoms with Crippen molar-refractivity contribution in [2.24, 2.45) is 0 Å². The molecule has 1 unspecified atom stereocenters. The highest BCUT2D eigenvalue weighted by atomic mass is 35.5. The Bertz CT molecular complexity index is 1010. The Hall–Kier alpha value is -2.48. The number of aliphatic carboxylic acids is 1. The predicted molar refractivity (Wildman–Crippen MR) is 118 cm³/mol. The van der Waals surface area contributed by atoms with Crippen LogP contribution in [0.1, 0.15) is 11.1 Å². The number of carbonyl (C=O) groups excluding carboxylic acids is 1. The first kappa shape index (κ1) is 21.2. The number of thiol groups is 1. The van der Waals surface area contributed by atoms with Gasteiger partial charge in [0.2, 0.25) is 5.91 Å². The van der Waals surface area contributed by atoms with Gasteiger partial charge in [-0.3, -0.25) is 4.79 Å². The third-order valence-electron chi connectivity index (χ3n) is 4.71. The Morgan fingerprint density at radius 2 is 1.79 bits per heavy atom. The summed E-state index contributed by atoms with van der Waals surface area (Å²) in [5.41, 5.74) is 2.61. The lowest BCUT2D eigenvalue weighted by Crippen LogP contribution is -2.51. The van der Waals surface area contributed by atoms with Crippen molar-refractivity contribution in [3.8, 4) is 0 Å². The molecular formula is C21H22ClN3O3S. The number of amides is 1. The topological polar surface area (TPSA) is 94.2 Å². The van der Waals surface area contributed by atoms with E-state index in [0.29, 0.717) is 11.6 Å². The molecule has 0 radical (unpaired) electrons. The van der Waals surface area contributed by atoms with Crippen LogP contribution in [0.3, 0.4) is 0 Å². The summed E-state index contributed by atoms with van der Waals surface area (Å²) < 4.78 is 0. The first-order valence-corrected chi connectivity index (χ1v) is 10.2. The molecule has 152 valence electrons. The van der Waals surface area contributed by atoms with E-state index >= 15 is 0 Å². The number of hydrogen-bond acceptors (Lipinski definition) is 4. The van der Waals surface area contributed by atoms with Gasteiger partial charge in [0, 0.05) is 40.8 Å². The fourth-order valence-corrected chi connectivity index (χ4v) is 3.61. The minimum atomic E-state index is -1.09. The van der Waals surface area contributed by atoms with Crippen LogP contribution in [0.25, 0.3) is 10.9 Å². The van der Waals surface area contributed by atoms with Gasteiger partial charge < -0.3 is 20.7 Å². The lowest BCUT2D eigenvalue weighted by Gasteiger charge is -2.20. The molecule has 0 saturated carbocycles. The Kier molecular flexibility index (Phi) is 7.19. The normalized spacial score (nSPS) is 13.2. The number of benzene rings is 2. The van der Waals surface area contributed by atoms with Gasteiger partial charge >= 0.3 is 5.97 Å². The largest absolute Gasteiger partial charge is 0.480 e. The summed E-state index contributed by atoms with van der Waals surface area (Å²) in [5, 5.41) is 16.9. The molecule has 1 heterocycles. The molecule has 0 fully saturated rings. The van der Waals surface area contributed by atoms with Crippen LogP contribution in [-0.4, -0.2) is 39.8 Å². The molecule has 29 heavy (non-hydrogen) atoms. The van der Waals surface area contributed by atoms with Crippen LogP contribution in [0, 0.1) is 0 Å². The monoisotopic (exact) mass is 431 g/mol. The molecule has 4 N–H and O–H groups in total. The van der Waals surface area contributed by atoms with Crippen LogP contribution in [0.2, 0.25) is 5.02 Å². The standard InChI is InChI=1S/C21H22ClN3O3S/c22-16-7-3-1-5-13(16)10-24-19(12-29)20(26)25-18(21(27)28)9-14-11-23-17-8-4-2-6-15(14)17/h1-8,11,18-19,23-24,29H,9-10,12H2,(H,25,26)(H,27,28)/t18-,19?/m0/s1. The summed E-state index contributed by atoms with van der Waals surface area (Å²) in [6, 6.07) is 13.3. The SMILES string of the molecule is O=C(N[C@@H](Cc1c[nH]c2ccccc12)C(=O)O)C(CS)NCc1ccccc1Cl. The number of aromatic nitrogens is 1. The van der Waals surface area contributed by atoms with E-state index in [2.05, 4.69) is 28.2 Å². The molecule has 0 saturated heterocycles. The Balaban J connectivity index is 1.66. The van der Waals surface area contributed by atoms with Crippen LogP contribution in [0.4, 0.5) is 0 Å². The highest BCUT2D eigenvalue weighted by Gasteiger charge is 2.25.